The van der Waals surface area contributed by atoms with Gasteiger partial charge in [0.15, 0.2) is 0 Å². The van der Waals surface area contributed by atoms with Crippen LogP contribution in [-0.2, 0) is 19.1 Å². The maximum Gasteiger partial charge on any atom is 0.333 e. The van der Waals surface area contributed by atoms with Crippen LogP contribution in [0.5, 0.6) is 5.75 Å². The molecule has 2 heterocycles. The number of azo groups is 2. The molecule has 4 aromatic rings. The van der Waals surface area contributed by atoms with E-state index < -0.39 is 18.2 Å². The maximum atomic E-state index is 11.8. The molecule has 0 saturated heterocycles. The molecule has 1 unspecified atom stereocenters. The Balaban J connectivity index is 1.30. The zero-order valence-electron chi connectivity index (χ0n) is 27.2. The summed E-state index contributed by atoms with van der Waals surface area (Å²) in [4.78, 5) is 30.6. The van der Waals surface area contributed by atoms with Gasteiger partial charge in [-0.15, -0.1) is 20.5 Å². The molecule has 1 atom stereocenters. The summed E-state index contributed by atoms with van der Waals surface area (Å²) in [6.07, 6.45) is 7.72. The Bertz CT molecular complexity index is 1670. The number of ether oxygens (including phenoxy) is 3. The molecule has 252 valence electrons. The predicted octanol–water partition coefficient (Wildman–Crippen LogP) is 10.5. The smallest absolute Gasteiger partial charge is 0.333 e. The first kappa shape index (κ1) is 36.1. The molecule has 2 aromatic carbocycles. The molecule has 0 amide bonds. The summed E-state index contributed by atoms with van der Waals surface area (Å²) < 4.78 is 17.4. The Labute approximate surface area is 288 Å². The van der Waals surface area contributed by atoms with Crippen LogP contribution in [0, 0.1) is 0 Å². The second-order valence-electron chi connectivity index (χ2n) is 10.5. The van der Waals surface area contributed by atoms with Gasteiger partial charge < -0.3 is 19.1 Å². The standard InChI is InChI=1S/C35H40N6O5S2/c1-5-9-10-11-12-13-33(46-32(43)7-3)45-28-20-16-26(17-21-28)37-39-30-24-29-34(48-30)36-35(47-29)40-38-25-14-18-27(19-15-25)41(8-4)22-23-44-31(42)6-2/h6-7,14-21,24,33H,2-3,5,8-13,22-23H2,1,4H3/b39-37+,40-38+. The molecular weight excluding hydrogens is 649 g/mol. The number of likely N-dealkylation sites (N-methyl/N-ethyl adjacent to an activating group) is 1. The lowest BCUT2D eigenvalue weighted by molar-refractivity contribution is -0.158. The van der Waals surface area contributed by atoms with Crippen LogP contribution in [0.1, 0.15) is 52.4 Å². The number of carbonyl (C=O) groups excluding carboxylic acids is 2. The molecule has 0 N–H and O–H groups in total. The normalized spacial score (nSPS) is 12.0. The molecule has 0 spiro atoms. The van der Waals surface area contributed by atoms with E-state index in [2.05, 4.69) is 50.4 Å². The zero-order chi connectivity index (χ0) is 34.1. The Hall–Kier alpha value is -4.75. The molecular formula is C35H40N6O5S2. The van der Waals surface area contributed by atoms with Crippen LogP contribution in [0.2, 0.25) is 0 Å². The number of thiazole rings is 1. The van der Waals surface area contributed by atoms with Crippen molar-refractivity contribution in [2.24, 2.45) is 20.5 Å². The van der Waals surface area contributed by atoms with E-state index in [1.807, 2.05) is 37.3 Å². The van der Waals surface area contributed by atoms with Crippen LogP contribution in [0.4, 0.5) is 27.2 Å². The summed E-state index contributed by atoms with van der Waals surface area (Å²) in [5, 5.41) is 18.7. The molecule has 0 aliphatic carbocycles. The van der Waals surface area contributed by atoms with Crippen LogP contribution in [0.25, 0.3) is 9.53 Å². The molecule has 11 nitrogen and oxygen atoms in total. The fraction of sp³-hybridized carbons (Fsp3) is 0.343. The van der Waals surface area contributed by atoms with E-state index in [1.54, 1.807) is 24.3 Å². The summed E-state index contributed by atoms with van der Waals surface area (Å²) in [5.74, 6) is -0.357. The Morgan fingerprint density at radius 1 is 0.875 bits per heavy atom. The van der Waals surface area contributed by atoms with Gasteiger partial charge >= 0.3 is 11.9 Å². The summed E-state index contributed by atoms with van der Waals surface area (Å²) in [6, 6.07) is 16.8. The van der Waals surface area contributed by atoms with E-state index in [0.29, 0.717) is 35.2 Å². The highest BCUT2D eigenvalue weighted by atomic mass is 32.1. The quantitative estimate of drug-likeness (QED) is 0.0297. The van der Waals surface area contributed by atoms with Gasteiger partial charge in [0.1, 0.15) is 22.2 Å². The van der Waals surface area contributed by atoms with Crippen molar-refractivity contribution in [2.45, 2.75) is 58.7 Å². The Morgan fingerprint density at radius 2 is 1.56 bits per heavy atom. The van der Waals surface area contributed by atoms with Crippen molar-refractivity contribution in [3.8, 4) is 5.75 Å². The minimum Gasteiger partial charge on any atom is -0.461 e. The van der Waals surface area contributed by atoms with Crippen molar-refractivity contribution in [1.29, 1.82) is 0 Å². The molecule has 48 heavy (non-hydrogen) atoms. The van der Waals surface area contributed by atoms with Gasteiger partial charge in [-0.25, -0.2) is 14.6 Å². The molecule has 0 bridgehead atoms. The summed E-state index contributed by atoms with van der Waals surface area (Å²) in [7, 11) is 0. The first-order valence-electron chi connectivity index (χ1n) is 15.9. The van der Waals surface area contributed by atoms with E-state index in [0.717, 1.165) is 58.2 Å². The monoisotopic (exact) mass is 688 g/mol. The van der Waals surface area contributed by atoms with Crippen molar-refractivity contribution in [3.05, 3.63) is 79.9 Å². The number of carbonyl (C=O) groups is 2. The van der Waals surface area contributed by atoms with Crippen LogP contribution in [0.3, 0.4) is 0 Å². The number of hydrogen-bond acceptors (Lipinski definition) is 13. The number of anilines is 1. The topological polar surface area (TPSA) is 127 Å². The van der Waals surface area contributed by atoms with Gasteiger partial charge in [0, 0.05) is 30.8 Å². The number of nitrogens with zero attached hydrogens (tertiary/aromatic N) is 6. The predicted molar refractivity (Wildman–Crippen MR) is 192 cm³/mol. The number of aromatic nitrogens is 1. The van der Waals surface area contributed by atoms with E-state index in [4.69, 9.17) is 14.2 Å². The van der Waals surface area contributed by atoms with Gasteiger partial charge in [0.2, 0.25) is 11.4 Å². The van der Waals surface area contributed by atoms with Gasteiger partial charge in [0.25, 0.3) is 0 Å². The Kier molecular flexibility index (Phi) is 14.4. The third kappa shape index (κ3) is 11.5. The van der Waals surface area contributed by atoms with Crippen LogP contribution >= 0.6 is 22.7 Å². The largest absolute Gasteiger partial charge is 0.461 e. The van der Waals surface area contributed by atoms with Gasteiger partial charge in [-0.05, 0) is 67.9 Å². The molecule has 0 fully saturated rings. The minimum absolute atomic E-state index is 0.282. The minimum atomic E-state index is -0.675. The molecule has 2 aromatic heterocycles. The summed E-state index contributed by atoms with van der Waals surface area (Å²) >= 11 is 2.85. The summed E-state index contributed by atoms with van der Waals surface area (Å²) in [5.41, 5.74) is 2.36. The fourth-order valence-corrected chi connectivity index (χ4v) is 6.35. The number of thiophene rings is 1. The van der Waals surface area contributed by atoms with Gasteiger partial charge in [0.05, 0.1) is 22.6 Å². The second kappa shape index (κ2) is 19.2. The third-order valence-corrected chi connectivity index (χ3v) is 8.94. The van der Waals surface area contributed by atoms with Crippen molar-refractivity contribution < 1.29 is 23.8 Å². The van der Waals surface area contributed by atoms with Crippen LogP contribution < -0.4 is 9.64 Å². The lowest BCUT2D eigenvalue weighted by atomic mass is 10.1. The number of rotatable bonds is 20. The average molecular weight is 689 g/mol. The van der Waals surface area contributed by atoms with Crippen molar-refractivity contribution in [2.75, 3.05) is 24.6 Å². The molecule has 13 heteroatoms. The first-order valence-corrected chi connectivity index (χ1v) is 17.5. The number of fused-ring (bicyclic) bond motifs is 1. The lowest BCUT2D eigenvalue weighted by Gasteiger charge is -2.22. The fourth-order valence-electron chi connectivity index (χ4n) is 4.50. The van der Waals surface area contributed by atoms with Crippen LogP contribution in [0.15, 0.2) is 100 Å². The number of unbranched alkanes of at least 4 members (excludes halogenated alkanes) is 4. The second-order valence-corrected chi connectivity index (χ2v) is 12.5. The maximum absolute atomic E-state index is 11.8. The van der Waals surface area contributed by atoms with Crippen molar-refractivity contribution in [3.63, 3.8) is 0 Å². The number of hydrogen-bond donors (Lipinski definition) is 0. The first-order chi connectivity index (χ1) is 23.4. The molecule has 0 aliphatic rings. The molecule has 0 aliphatic heterocycles. The highest BCUT2D eigenvalue weighted by molar-refractivity contribution is 7.30. The molecule has 4 rings (SSSR count). The van der Waals surface area contributed by atoms with Gasteiger partial charge in [-0.3, -0.25) is 0 Å². The average Bonchev–Trinajstić information content (AvgIpc) is 3.67. The molecule has 0 saturated carbocycles. The van der Waals surface area contributed by atoms with Crippen molar-refractivity contribution >= 4 is 71.3 Å². The highest BCUT2D eigenvalue weighted by Gasteiger charge is 2.15. The zero-order valence-corrected chi connectivity index (χ0v) is 28.9. The van der Waals surface area contributed by atoms with E-state index in [1.165, 1.54) is 35.5 Å². The lowest BCUT2D eigenvalue weighted by Crippen LogP contribution is -2.27. The number of esters is 2. The van der Waals surface area contributed by atoms with E-state index in [9.17, 15) is 9.59 Å². The highest BCUT2D eigenvalue weighted by Crippen LogP contribution is 2.39. The van der Waals surface area contributed by atoms with E-state index >= 15 is 0 Å². The Morgan fingerprint density at radius 3 is 2.23 bits per heavy atom. The molecule has 0 radical (unpaired) electrons. The summed E-state index contributed by atoms with van der Waals surface area (Å²) in [6.45, 7) is 12.7. The van der Waals surface area contributed by atoms with E-state index in [-0.39, 0.29) is 6.61 Å². The SMILES string of the molecule is C=CC(=O)OCCN(CC)c1ccc(/N=N/c2nc3sc(/N=N/c4ccc(OC(CCCCCCC)OC(=O)C=C)cc4)cc3s2)cc1. The van der Waals surface area contributed by atoms with Crippen LogP contribution in [-0.4, -0.2) is 42.9 Å². The van der Waals surface area contributed by atoms with Crippen molar-refractivity contribution in [1.82, 2.24) is 4.98 Å². The van der Waals surface area contributed by atoms with Gasteiger partial charge in [-0.2, -0.15) is 0 Å². The van der Waals surface area contributed by atoms with Gasteiger partial charge in [-0.1, -0.05) is 68.4 Å². The number of benzene rings is 2. The third-order valence-electron chi connectivity index (χ3n) is 7.01.